The molecule has 0 aliphatic carbocycles. The molecule has 0 aromatic carbocycles. The third-order valence-corrected chi connectivity index (χ3v) is 5.63. The molecule has 2 N–H and O–H groups in total. The van der Waals surface area contributed by atoms with Gasteiger partial charge in [-0.3, -0.25) is 9.89 Å². The Hall–Kier alpha value is -1.86. The number of hydrogen-bond donors (Lipinski definition) is 2. The van der Waals surface area contributed by atoms with Crippen LogP contribution < -0.4 is 15.5 Å². The van der Waals surface area contributed by atoms with E-state index in [9.17, 15) is 0 Å². The van der Waals surface area contributed by atoms with Crippen LogP contribution in [0.5, 0.6) is 0 Å². The van der Waals surface area contributed by atoms with Gasteiger partial charge in [-0.05, 0) is 44.2 Å². The van der Waals surface area contributed by atoms with Crippen LogP contribution in [0.15, 0.2) is 23.3 Å². The lowest BCUT2D eigenvalue weighted by Gasteiger charge is -2.34. The van der Waals surface area contributed by atoms with Crippen molar-refractivity contribution in [3.05, 3.63) is 23.9 Å². The molecule has 0 spiro atoms. The molecule has 2 aliphatic rings. The molecule has 1 aromatic rings. The Kier molecular flexibility index (Phi) is 8.55. The normalized spacial score (nSPS) is 20.5. The molecule has 2 fully saturated rings. The number of pyridine rings is 1. The Morgan fingerprint density at radius 1 is 1.24 bits per heavy atom. The van der Waals surface area contributed by atoms with E-state index >= 15 is 0 Å². The molecule has 0 radical (unpaired) electrons. The summed E-state index contributed by atoms with van der Waals surface area (Å²) in [5, 5.41) is 7.07. The first kappa shape index (κ1) is 21.8. The summed E-state index contributed by atoms with van der Waals surface area (Å²) in [7, 11) is 0. The number of rotatable bonds is 7. The van der Waals surface area contributed by atoms with Gasteiger partial charge in [0.05, 0.1) is 13.2 Å². The van der Waals surface area contributed by atoms with Crippen molar-refractivity contribution < 1.29 is 4.74 Å². The summed E-state index contributed by atoms with van der Waals surface area (Å²) in [5.74, 6) is 2.58. The van der Waals surface area contributed by atoms with E-state index in [1.54, 1.807) is 0 Å². The van der Waals surface area contributed by atoms with Crippen LogP contribution in [0.4, 0.5) is 5.82 Å². The fourth-order valence-electron chi connectivity index (χ4n) is 3.94. The minimum absolute atomic E-state index is 0.462. The van der Waals surface area contributed by atoms with Gasteiger partial charge in [-0.2, -0.15) is 0 Å². The monoisotopic (exact) mass is 402 g/mol. The van der Waals surface area contributed by atoms with Crippen molar-refractivity contribution in [2.24, 2.45) is 10.9 Å². The number of guanidine groups is 1. The zero-order valence-corrected chi connectivity index (χ0v) is 18.4. The quantitative estimate of drug-likeness (QED) is 0.536. The predicted molar refractivity (Wildman–Crippen MR) is 120 cm³/mol. The summed E-state index contributed by atoms with van der Waals surface area (Å²) in [6, 6.07) is 4.73. The van der Waals surface area contributed by atoms with Crippen LogP contribution in [0.2, 0.25) is 0 Å². The van der Waals surface area contributed by atoms with Gasteiger partial charge >= 0.3 is 0 Å². The first-order valence-electron chi connectivity index (χ1n) is 11.2. The van der Waals surface area contributed by atoms with Crippen LogP contribution >= 0.6 is 0 Å². The van der Waals surface area contributed by atoms with Gasteiger partial charge in [-0.1, -0.05) is 13.0 Å². The minimum Gasteiger partial charge on any atom is -0.379 e. The van der Waals surface area contributed by atoms with E-state index in [2.05, 4.69) is 58.3 Å². The van der Waals surface area contributed by atoms with E-state index in [4.69, 9.17) is 9.73 Å². The molecule has 29 heavy (non-hydrogen) atoms. The zero-order chi connectivity index (χ0) is 20.5. The van der Waals surface area contributed by atoms with Gasteiger partial charge < -0.3 is 20.3 Å². The maximum absolute atomic E-state index is 5.44. The lowest BCUT2D eigenvalue weighted by Crippen LogP contribution is -2.49. The number of hydrogen-bond acceptors (Lipinski definition) is 5. The average molecular weight is 403 g/mol. The molecular formula is C22H38N6O. The standard InChI is InChI=1S/C22H38N6O/c1-4-23-22(25-16-19(3)17-27-11-13-29-14-12-27)26-20-7-9-28(10-8-20)21-6-5-18(2)15-24-21/h5-6,15,19-20H,4,7-14,16-17H2,1-3H3,(H2,23,25,26). The van der Waals surface area contributed by atoms with Crippen molar-refractivity contribution in [2.75, 3.05) is 63.9 Å². The molecule has 7 heteroatoms. The SMILES string of the molecule is CCNC(=NCC(C)CN1CCOCC1)NC1CCN(c2ccc(C)cn2)CC1. The van der Waals surface area contributed by atoms with Gasteiger partial charge in [0.1, 0.15) is 5.82 Å². The molecule has 3 heterocycles. The summed E-state index contributed by atoms with van der Waals surface area (Å²) >= 11 is 0. The molecule has 162 valence electrons. The number of aryl methyl sites for hydroxylation is 1. The molecule has 2 saturated heterocycles. The highest BCUT2D eigenvalue weighted by atomic mass is 16.5. The Bertz CT molecular complexity index is 621. The van der Waals surface area contributed by atoms with Crippen molar-refractivity contribution in [1.82, 2.24) is 20.5 Å². The van der Waals surface area contributed by atoms with Gasteiger partial charge in [0.2, 0.25) is 0 Å². The first-order valence-corrected chi connectivity index (χ1v) is 11.2. The second-order valence-corrected chi connectivity index (χ2v) is 8.34. The molecule has 2 aliphatic heterocycles. The van der Waals surface area contributed by atoms with Crippen LogP contribution in [-0.4, -0.2) is 80.9 Å². The van der Waals surface area contributed by atoms with Gasteiger partial charge in [0.25, 0.3) is 0 Å². The lowest BCUT2D eigenvalue weighted by molar-refractivity contribution is 0.0323. The van der Waals surface area contributed by atoms with Crippen molar-refractivity contribution in [3.8, 4) is 0 Å². The van der Waals surface area contributed by atoms with E-state index in [0.717, 1.165) is 83.6 Å². The van der Waals surface area contributed by atoms with Gasteiger partial charge in [-0.15, -0.1) is 0 Å². The Balaban J connectivity index is 1.44. The lowest BCUT2D eigenvalue weighted by atomic mass is 10.1. The number of piperidine rings is 1. The number of nitrogens with one attached hydrogen (secondary N) is 2. The molecular weight excluding hydrogens is 364 g/mol. The van der Waals surface area contributed by atoms with E-state index in [1.165, 1.54) is 5.56 Å². The van der Waals surface area contributed by atoms with Crippen LogP contribution in [-0.2, 0) is 4.74 Å². The Labute approximate surface area is 175 Å². The molecule has 1 unspecified atom stereocenters. The number of aromatic nitrogens is 1. The molecule has 7 nitrogen and oxygen atoms in total. The number of nitrogens with zero attached hydrogens (tertiary/aromatic N) is 4. The predicted octanol–water partition coefficient (Wildman–Crippen LogP) is 1.88. The minimum atomic E-state index is 0.462. The molecule has 1 aromatic heterocycles. The maximum atomic E-state index is 5.44. The van der Waals surface area contributed by atoms with E-state index in [-0.39, 0.29) is 0 Å². The highest BCUT2D eigenvalue weighted by Gasteiger charge is 2.21. The molecule has 0 bridgehead atoms. The smallest absolute Gasteiger partial charge is 0.191 e. The largest absolute Gasteiger partial charge is 0.379 e. The summed E-state index contributed by atoms with van der Waals surface area (Å²) in [6.07, 6.45) is 4.15. The summed E-state index contributed by atoms with van der Waals surface area (Å²) < 4.78 is 5.44. The van der Waals surface area contributed by atoms with Crippen molar-refractivity contribution in [3.63, 3.8) is 0 Å². The van der Waals surface area contributed by atoms with Crippen LogP contribution in [0.1, 0.15) is 32.3 Å². The molecule has 0 amide bonds. The van der Waals surface area contributed by atoms with Crippen molar-refractivity contribution in [2.45, 2.75) is 39.7 Å². The van der Waals surface area contributed by atoms with E-state index < -0.39 is 0 Å². The van der Waals surface area contributed by atoms with Crippen molar-refractivity contribution >= 4 is 11.8 Å². The van der Waals surface area contributed by atoms with Gasteiger partial charge in [0.15, 0.2) is 5.96 Å². The van der Waals surface area contributed by atoms with E-state index in [1.807, 2.05) is 6.20 Å². The number of ether oxygens (including phenoxy) is 1. The van der Waals surface area contributed by atoms with E-state index in [0.29, 0.717) is 12.0 Å². The molecule has 3 rings (SSSR count). The summed E-state index contributed by atoms with van der Waals surface area (Å²) in [5.41, 5.74) is 1.21. The first-order chi connectivity index (χ1) is 14.1. The van der Waals surface area contributed by atoms with Gasteiger partial charge in [-0.25, -0.2) is 4.98 Å². The fourth-order valence-corrected chi connectivity index (χ4v) is 3.94. The highest BCUT2D eigenvalue weighted by Crippen LogP contribution is 2.18. The number of morpholine rings is 1. The average Bonchev–Trinajstić information content (AvgIpc) is 2.74. The molecule has 0 saturated carbocycles. The zero-order valence-electron chi connectivity index (χ0n) is 18.4. The summed E-state index contributed by atoms with van der Waals surface area (Å²) in [6.45, 7) is 15.2. The van der Waals surface area contributed by atoms with Gasteiger partial charge in [0, 0.05) is 58.1 Å². The topological polar surface area (TPSA) is 65.0 Å². The third-order valence-electron chi connectivity index (χ3n) is 5.63. The second-order valence-electron chi connectivity index (χ2n) is 8.34. The van der Waals surface area contributed by atoms with Crippen molar-refractivity contribution in [1.29, 1.82) is 0 Å². The number of aliphatic imine (C=N–C) groups is 1. The van der Waals surface area contributed by atoms with Crippen LogP contribution in [0, 0.1) is 12.8 Å². The molecule has 1 atom stereocenters. The van der Waals surface area contributed by atoms with Crippen LogP contribution in [0.25, 0.3) is 0 Å². The Morgan fingerprint density at radius 2 is 2.00 bits per heavy atom. The second kappa shape index (κ2) is 11.4. The maximum Gasteiger partial charge on any atom is 0.191 e. The summed E-state index contributed by atoms with van der Waals surface area (Å²) in [4.78, 5) is 14.3. The Morgan fingerprint density at radius 3 is 2.66 bits per heavy atom. The highest BCUT2D eigenvalue weighted by molar-refractivity contribution is 5.80. The fraction of sp³-hybridized carbons (Fsp3) is 0.727. The van der Waals surface area contributed by atoms with Crippen LogP contribution in [0.3, 0.4) is 0 Å². The third kappa shape index (κ3) is 7.16. The number of anilines is 1.